The highest BCUT2D eigenvalue weighted by molar-refractivity contribution is 6.63. The van der Waals surface area contributed by atoms with Crippen molar-refractivity contribution in [2.45, 2.75) is 65.0 Å². The Balaban J connectivity index is 1.55. The van der Waals surface area contributed by atoms with Gasteiger partial charge in [-0.25, -0.2) is 4.79 Å². The normalized spacial score (nSPS) is 36.6. The predicted molar refractivity (Wildman–Crippen MR) is 103 cm³/mol. The first-order valence-electron chi connectivity index (χ1n) is 10.0. The lowest BCUT2D eigenvalue weighted by Crippen LogP contribution is -2.65. The molecule has 1 saturated heterocycles. The van der Waals surface area contributed by atoms with Crippen LogP contribution in [0.4, 0.5) is 0 Å². The molecule has 3 saturated carbocycles. The maximum Gasteiger partial charge on any atom is 0.498 e. The van der Waals surface area contributed by atoms with Crippen molar-refractivity contribution in [3.63, 3.8) is 0 Å². The van der Waals surface area contributed by atoms with E-state index < -0.39 is 18.9 Å². The lowest BCUT2D eigenvalue weighted by Gasteiger charge is -2.64. The summed E-state index contributed by atoms with van der Waals surface area (Å²) in [5, 5.41) is 0. The zero-order valence-electron chi connectivity index (χ0n) is 17.3. The number of carbonyl (C=O) groups is 1. The second-order valence-electron chi connectivity index (χ2n) is 9.75. The van der Waals surface area contributed by atoms with Gasteiger partial charge in [0.25, 0.3) is 0 Å². The van der Waals surface area contributed by atoms with Gasteiger partial charge in [0.05, 0.1) is 18.8 Å². The number of methoxy groups -OCH3 is 1. The van der Waals surface area contributed by atoms with Gasteiger partial charge in [0, 0.05) is 19.3 Å². The minimum atomic E-state index is -1.07. The fourth-order valence-electron chi connectivity index (χ4n) is 5.78. The molecule has 6 rings (SSSR count). The van der Waals surface area contributed by atoms with Crippen molar-refractivity contribution in [1.29, 1.82) is 0 Å². The molecule has 2 heterocycles. The number of benzene rings is 1. The Morgan fingerprint density at radius 1 is 1.11 bits per heavy atom. The summed E-state index contributed by atoms with van der Waals surface area (Å²) in [6.45, 7) is 10.3. The van der Waals surface area contributed by atoms with Gasteiger partial charge < -0.3 is 23.5 Å². The molecule has 7 heteroatoms. The molecule has 0 N–H and O–H groups in total. The second-order valence-corrected chi connectivity index (χ2v) is 9.75. The molecule has 3 aliphatic carbocycles. The van der Waals surface area contributed by atoms with Gasteiger partial charge in [0.2, 0.25) is 5.79 Å². The van der Waals surface area contributed by atoms with Gasteiger partial charge in [-0.15, -0.1) is 0 Å². The van der Waals surface area contributed by atoms with E-state index in [1.165, 1.54) is 13.5 Å². The lowest BCUT2D eigenvalue weighted by atomic mass is 9.43. The van der Waals surface area contributed by atoms with Crippen molar-refractivity contribution in [1.82, 2.24) is 0 Å². The third kappa shape index (κ3) is 2.26. The number of fused-ring (bicyclic) bond motifs is 1. The smallest absolute Gasteiger partial charge is 0.496 e. The number of esters is 1. The van der Waals surface area contributed by atoms with Crippen LogP contribution in [-0.4, -0.2) is 37.7 Å². The molecule has 150 valence electrons. The van der Waals surface area contributed by atoms with E-state index in [0.717, 1.165) is 6.42 Å². The van der Waals surface area contributed by atoms with Crippen LogP contribution >= 0.6 is 0 Å². The minimum absolute atomic E-state index is 0.0515. The summed E-state index contributed by atoms with van der Waals surface area (Å²) >= 11 is 0. The summed E-state index contributed by atoms with van der Waals surface area (Å²) in [7, 11) is 0.946. The highest BCUT2D eigenvalue weighted by Gasteiger charge is 2.68. The van der Waals surface area contributed by atoms with Gasteiger partial charge in [-0.1, -0.05) is 19.9 Å². The molecule has 0 spiro atoms. The molecule has 1 aromatic carbocycles. The van der Waals surface area contributed by atoms with Crippen molar-refractivity contribution in [2.24, 2.45) is 17.3 Å². The molecular formula is C21H27BO6. The Hall–Kier alpha value is -1.73. The van der Waals surface area contributed by atoms with Crippen LogP contribution in [-0.2, 0) is 14.0 Å². The Morgan fingerprint density at radius 2 is 1.86 bits per heavy atom. The summed E-state index contributed by atoms with van der Waals surface area (Å²) < 4.78 is 29.8. The Labute approximate surface area is 166 Å². The van der Waals surface area contributed by atoms with E-state index in [-0.39, 0.29) is 22.7 Å². The molecule has 0 radical (unpaired) electrons. The minimum Gasteiger partial charge on any atom is -0.496 e. The van der Waals surface area contributed by atoms with Crippen molar-refractivity contribution in [3.8, 4) is 11.5 Å². The van der Waals surface area contributed by atoms with Crippen LogP contribution in [0.2, 0.25) is 0 Å². The summed E-state index contributed by atoms with van der Waals surface area (Å²) in [6, 6.07) is 3.62. The van der Waals surface area contributed by atoms with Gasteiger partial charge in [-0.05, 0) is 43.1 Å². The summed E-state index contributed by atoms with van der Waals surface area (Å²) in [4.78, 5) is 12.6. The second kappa shape index (κ2) is 5.45. The van der Waals surface area contributed by atoms with Crippen molar-refractivity contribution >= 4 is 18.6 Å². The number of carbonyl (C=O) groups excluding carboxylic acids is 1. The molecule has 2 bridgehead atoms. The molecule has 2 aliphatic heterocycles. The monoisotopic (exact) mass is 386 g/mol. The van der Waals surface area contributed by atoms with E-state index in [9.17, 15) is 4.79 Å². The number of cyclic esters (lactones) is 1. The summed E-state index contributed by atoms with van der Waals surface area (Å²) in [5.74, 6) is 0.459. The first kappa shape index (κ1) is 18.3. The Kier molecular flexibility index (Phi) is 3.56. The van der Waals surface area contributed by atoms with Crippen LogP contribution in [0.3, 0.4) is 0 Å². The SMILES string of the molecule is COc1ccc(B2OC3CC4CC(C4(C)C)[C@]3(C)O2)c2c1C(=O)OC(C)(C)O2. The van der Waals surface area contributed by atoms with Crippen molar-refractivity contribution in [2.75, 3.05) is 7.11 Å². The van der Waals surface area contributed by atoms with Crippen LogP contribution in [0, 0.1) is 17.3 Å². The molecule has 0 aromatic heterocycles. The molecular weight excluding hydrogens is 359 g/mol. The number of hydrogen-bond donors (Lipinski definition) is 0. The zero-order valence-corrected chi connectivity index (χ0v) is 17.3. The quantitative estimate of drug-likeness (QED) is 0.575. The number of hydrogen-bond acceptors (Lipinski definition) is 6. The van der Waals surface area contributed by atoms with E-state index >= 15 is 0 Å². The summed E-state index contributed by atoms with van der Waals surface area (Å²) in [6.07, 6.45) is 2.24. The molecule has 6 nitrogen and oxygen atoms in total. The van der Waals surface area contributed by atoms with Crippen molar-refractivity contribution in [3.05, 3.63) is 17.7 Å². The molecule has 3 unspecified atom stereocenters. The molecule has 4 atom stereocenters. The highest BCUT2D eigenvalue weighted by atomic mass is 16.7. The van der Waals surface area contributed by atoms with Crippen LogP contribution in [0.5, 0.6) is 11.5 Å². The van der Waals surface area contributed by atoms with Gasteiger partial charge in [-0.3, -0.25) is 0 Å². The van der Waals surface area contributed by atoms with E-state index in [2.05, 4.69) is 20.8 Å². The third-order valence-corrected chi connectivity index (χ3v) is 7.46. The third-order valence-electron chi connectivity index (χ3n) is 7.46. The highest BCUT2D eigenvalue weighted by Crippen LogP contribution is 2.65. The molecule has 0 amide bonds. The maximum atomic E-state index is 12.6. The van der Waals surface area contributed by atoms with E-state index in [1.807, 2.05) is 6.07 Å². The van der Waals surface area contributed by atoms with Crippen LogP contribution < -0.4 is 14.9 Å². The topological polar surface area (TPSA) is 63.2 Å². The van der Waals surface area contributed by atoms with Gasteiger partial charge in [0.1, 0.15) is 17.1 Å². The lowest BCUT2D eigenvalue weighted by molar-refractivity contribution is -0.199. The number of ether oxygens (including phenoxy) is 3. The molecule has 28 heavy (non-hydrogen) atoms. The zero-order chi connectivity index (χ0) is 20.1. The Morgan fingerprint density at radius 3 is 2.54 bits per heavy atom. The van der Waals surface area contributed by atoms with Crippen LogP contribution in [0.15, 0.2) is 12.1 Å². The average Bonchev–Trinajstić information content (AvgIpc) is 2.96. The van der Waals surface area contributed by atoms with Gasteiger partial charge in [-0.2, -0.15) is 0 Å². The number of rotatable bonds is 2. The van der Waals surface area contributed by atoms with Crippen LogP contribution in [0.25, 0.3) is 0 Å². The molecule has 4 fully saturated rings. The Bertz CT molecular complexity index is 865. The first-order valence-corrected chi connectivity index (χ1v) is 10.0. The fraction of sp³-hybridized carbons (Fsp3) is 0.667. The van der Waals surface area contributed by atoms with E-state index in [0.29, 0.717) is 28.8 Å². The van der Waals surface area contributed by atoms with Crippen molar-refractivity contribution < 1.29 is 28.3 Å². The standard InChI is InChI=1S/C21H27BO6/c1-19(2)11-9-14(19)21(5)15(10-11)27-22(28-21)12-7-8-13(24-6)16-17(12)25-20(3,4)26-18(16)23/h7-8,11,14-15H,9-10H2,1-6H3/t11?,14?,15?,21-/m0/s1. The van der Waals surface area contributed by atoms with E-state index in [1.54, 1.807) is 19.9 Å². The molecule has 5 aliphatic rings. The van der Waals surface area contributed by atoms with E-state index in [4.69, 9.17) is 23.5 Å². The van der Waals surface area contributed by atoms with Gasteiger partial charge >= 0.3 is 13.1 Å². The molecule has 1 aromatic rings. The fourth-order valence-corrected chi connectivity index (χ4v) is 5.78. The van der Waals surface area contributed by atoms with Crippen LogP contribution in [0.1, 0.15) is 57.8 Å². The summed E-state index contributed by atoms with van der Waals surface area (Å²) in [5.41, 5.74) is 0.938. The average molecular weight is 386 g/mol. The maximum absolute atomic E-state index is 12.6. The predicted octanol–water partition coefficient (Wildman–Crippen LogP) is 2.92. The van der Waals surface area contributed by atoms with Gasteiger partial charge in [0.15, 0.2) is 0 Å². The largest absolute Gasteiger partial charge is 0.498 e. The first-order chi connectivity index (χ1) is 13.1.